The van der Waals surface area contributed by atoms with Crippen molar-refractivity contribution in [2.45, 2.75) is 12.8 Å². The first-order valence-corrected chi connectivity index (χ1v) is 8.06. The number of methoxy groups -OCH3 is 1. The Kier molecular flexibility index (Phi) is 5.23. The SMILES string of the molecule is COCCNC(=O)CCc1ccc2nc(-c3ccccc3)[nH]c2c1. The van der Waals surface area contributed by atoms with Crippen molar-refractivity contribution in [3.63, 3.8) is 0 Å². The molecular weight excluding hydrogens is 302 g/mol. The Morgan fingerprint density at radius 2 is 2.04 bits per heavy atom. The van der Waals surface area contributed by atoms with Crippen LogP contribution in [-0.4, -0.2) is 36.1 Å². The summed E-state index contributed by atoms with van der Waals surface area (Å²) >= 11 is 0. The zero-order valence-electron chi connectivity index (χ0n) is 13.7. The van der Waals surface area contributed by atoms with Crippen LogP contribution >= 0.6 is 0 Å². The number of H-pyrrole nitrogens is 1. The molecule has 2 N–H and O–H groups in total. The highest BCUT2D eigenvalue weighted by molar-refractivity contribution is 5.80. The predicted octanol–water partition coefficient (Wildman–Crippen LogP) is 2.93. The van der Waals surface area contributed by atoms with Gasteiger partial charge in [-0.2, -0.15) is 0 Å². The van der Waals surface area contributed by atoms with E-state index in [1.165, 1.54) is 0 Å². The van der Waals surface area contributed by atoms with Crippen LogP contribution in [0.5, 0.6) is 0 Å². The monoisotopic (exact) mass is 323 g/mol. The third kappa shape index (κ3) is 4.00. The number of carbonyl (C=O) groups excluding carboxylic acids is 1. The molecule has 124 valence electrons. The molecule has 0 bridgehead atoms. The number of imidazole rings is 1. The quantitative estimate of drug-likeness (QED) is 0.657. The molecule has 1 aromatic heterocycles. The number of benzene rings is 2. The molecule has 0 aliphatic heterocycles. The minimum Gasteiger partial charge on any atom is -0.383 e. The molecule has 1 heterocycles. The summed E-state index contributed by atoms with van der Waals surface area (Å²) in [5.41, 5.74) is 4.11. The molecule has 0 aliphatic rings. The van der Waals surface area contributed by atoms with Gasteiger partial charge in [-0.1, -0.05) is 36.4 Å². The molecule has 3 rings (SSSR count). The fraction of sp³-hybridized carbons (Fsp3) is 0.263. The van der Waals surface area contributed by atoms with Crippen molar-refractivity contribution in [2.75, 3.05) is 20.3 Å². The maximum atomic E-state index is 11.8. The summed E-state index contributed by atoms with van der Waals surface area (Å²) in [6, 6.07) is 16.1. The second kappa shape index (κ2) is 7.75. The highest BCUT2D eigenvalue weighted by Crippen LogP contribution is 2.21. The number of fused-ring (bicyclic) bond motifs is 1. The minimum atomic E-state index is 0.0433. The Morgan fingerprint density at radius 3 is 2.83 bits per heavy atom. The molecular formula is C19H21N3O2. The van der Waals surface area contributed by atoms with Gasteiger partial charge in [0.25, 0.3) is 0 Å². The summed E-state index contributed by atoms with van der Waals surface area (Å²) in [4.78, 5) is 19.7. The molecule has 0 fully saturated rings. The number of rotatable bonds is 7. The molecule has 5 heteroatoms. The van der Waals surface area contributed by atoms with Crippen molar-refractivity contribution in [3.05, 3.63) is 54.1 Å². The van der Waals surface area contributed by atoms with E-state index in [9.17, 15) is 4.79 Å². The molecule has 2 aromatic carbocycles. The third-order valence-corrected chi connectivity index (χ3v) is 3.86. The van der Waals surface area contributed by atoms with E-state index in [0.717, 1.165) is 28.0 Å². The molecule has 0 atom stereocenters. The van der Waals surface area contributed by atoms with Crippen molar-refractivity contribution in [2.24, 2.45) is 0 Å². The molecule has 1 amide bonds. The smallest absolute Gasteiger partial charge is 0.220 e. The van der Waals surface area contributed by atoms with Crippen LogP contribution in [-0.2, 0) is 16.0 Å². The van der Waals surface area contributed by atoms with Gasteiger partial charge in [0, 0.05) is 25.6 Å². The van der Waals surface area contributed by atoms with Crippen LogP contribution in [0, 0.1) is 0 Å². The fourth-order valence-corrected chi connectivity index (χ4v) is 2.58. The number of hydrogen-bond acceptors (Lipinski definition) is 3. The zero-order valence-corrected chi connectivity index (χ0v) is 13.7. The Labute approximate surface area is 141 Å². The Hall–Kier alpha value is -2.66. The topological polar surface area (TPSA) is 67.0 Å². The number of carbonyl (C=O) groups is 1. The Balaban J connectivity index is 1.67. The first-order valence-electron chi connectivity index (χ1n) is 8.06. The Morgan fingerprint density at radius 1 is 1.21 bits per heavy atom. The molecule has 0 saturated carbocycles. The molecule has 0 spiro atoms. The molecule has 24 heavy (non-hydrogen) atoms. The number of nitrogens with one attached hydrogen (secondary N) is 2. The van der Waals surface area contributed by atoms with Gasteiger partial charge in [-0.15, -0.1) is 0 Å². The van der Waals surface area contributed by atoms with Gasteiger partial charge in [0.05, 0.1) is 17.6 Å². The van der Waals surface area contributed by atoms with E-state index < -0.39 is 0 Å². The highest BCUT2D eigenvalue weighted by atomic mass is 16.5. The summed E-state index contributed by atoms with van der Waals surface area (Å²) < 4.78 is 4.92. The number of aryl methyl sites for hydroxylation is 1. The second-order valence-corrected chi connectivity index (χ2v) is 5.65. The van der Waals surface area contributed by atoms with Crippen LogP contribution in [0.3, 0.4) is 0 Å². The van der Waals surface area contributed by atoms with Gasteiger partial charge in [-0.3, -0.25) is 4.79 Å². The molecule has 0 radical (unpaired) electrons. The van der Waals surface area contributed by atoms with Crippen LogP contribution < -0.4 is 5.32 Å². The number of hydrogen-bond donors (Lipinski definition) is 2. The summed E-state index contributed by atoms with van der Waals surface area (Å²) in [5, 5.41) is 2.83. The maximum absolute atomic E-state index is 11.8. The maximum Gasteiger partial charge on any atom is 0.220 e. The van der Waals surface area contributed by atoms with Crippen molar-refractivity contribution in [3.8, 4) is 11.4 Å². The number of aromatic amines is 1. The summed E-state index contributed by atoms with van der Waals surface area (Å²) in [6.07, 6.45) is 1.17. The van der Waals surface area contributed by atoms with E-state index in [1.54, 1.807) is 7.11 Å². The van der Waals surface area contributed by atoms with Gasteiger partial charge in [0.15, 0.2) is 0 Å². The number of nitrogens with zero attached hydrogens (tertiary/aromatic N) is 1. The van der Waals surface area contributed by atoms with Gasteiger partial charge in [0.1, 0.15) is 5.82 Å². The van der Waals surface area contributed by atoms with Crippen molar-refractivity contribution < 1.29 is 9.53 Å². The van der Waals surface area contributed by atoms with E-state index in [2.05, 4.69) is 21.4 Å². The van der Waals surface area contributed by atoms with E-state index in [-0.39, 0.29) is 5.91 Å². The minimum absolute atomic E-state index is 0.0433. The zero-order chi connectivity index (χ0) is 16.8. The summed E-state index contributed by atoms with van der Waals surface area (Å²) in [5.74, 6) is 0.904. The predicted molar refractivity (Wildman–Crippen MR) is 94.7 cm³/mol. The van der Waals surface area contributed by atoms with E-state index in [4.69, 9.17) is 4.74 Å². The number of ether oxygens (including phenoxy) is 1. The number of aromatic nitrogens is 2. The largest absolute Gasteiger partial charge is 0.383 e. The van der Waals surface area contributed by atoms with Crippen LogP contribution in [0.15, 0.2) is 48.5 Å². The summed E-state index contributed by atoms with van der Waals surface area (Å²) in [6.45, 7) is 1.09. The van der Waals surface area contributed by atoms with Gasteiger partial charge in [-0.05, 0) is 24.1 Å². The molecule has 5 nitrogen and oxygen atoms in total. The Bertz CT molecular complexity index is 812. The van der Waals surface area contributed by atoms with Gasteiger partial charge in [-0.25, -0.2) is 4.98 Å². The van der Waals surface area contributed by atoms with Crippen LogP contribution in [0.25, 0.3) is 22.4 Å². The van der Waals surface area contributed by atoms with Crippen LogP contribution in [0.4, 0.5) is 0 Å². The first-order chi connectivity index (χ1) is 11.8. The molecule has 0 aliphatic carbocycles. The lowest BCUT2D eigenvalue weighted by molar-refractivity contribution is -0.121. The normalized spacial score (nSPS) is 10.9. The van der Waals surface area contributed by atoms with Gasteiger partial charge in [0.2, 0.25) is 5.91 Å². The lowest BCUT2D eigenvalue weighted by atomic mass is 10.1. The van der Waals surface area contributed by atoms with Crippen molar-refractivity contribution >= 4 is 16.9 Å². The van der Waals surface area contributed by atoms with Crippen molar-refractivity contribution in [1.82, 2.24) is 15.3 Å². The average molecular weight is 323 g/mol. The standard InChI is InChI=1S/C19H21N3O2/c1-24-12-11-20-18(23)10-8-14-7-9-16-17(13-14)22-19(21-16)15-5-3-2-4-6-15/h2-7,9,13H,8,10-12H2,1H3,(H,20,23)(H,21,22). The third-order valence-electron chi connectivity index (χ3n) is 3.86. The lowest BCUT2D eigenvalue weighted by Gasteiger charge is -2.04. The van der Waals surface area contributed by atoms with Crippen molar-refractivity contribution in [1.29, 1.82) is 0 Å². The second-order valence-electron chi connectivity index (χ2n) is 5.65. The van der Waals surface area contributed by atoms with E-state index >= 15 is 0 Å². The molecule has 0 unspecified atom stereocenters. The van der Waals surface area contributed by atoms with Gasteiger partial charge >= 0.3 is 0 Å². The lowest BCUT2D eigenvalue weighted by Crippen LogP contribution is -2.27. The van der Waals surface area contributed by atoms with E-state index in [1.807, 2.05) is 42.5 Å². The molecule has 0 saturated heterocycles. The van der Waals surface area contributed by atoms with Gasteiger partial charge < -0.3 is 15.0 Å². The average Bonchev–Trinajstić information content (AvgIpc) is 3.04. The fourth-order valence-electron chi connectivity index (χ4n) is 2.58. The van der Waals surface area contributed by atoms with Crippen LogP contribution in [0.2, 0.25) is 0 Å². The van der Waals surface area contributed by atoms with Crippen LogP contribution in [0.1, 0.15) is 12.0 Å². The van der Waals surface area contributed by atoms with E-state index in [0.29, 0.717) is 26.0 Å². The summed E-state index contributed by atoms with van der Waals surface area (Å²) in [7, 11) is 1.62. The number of amides is 1. The highest BCUT2D eigenvalue weighted by Gasteiger charge is 2.07. The first kappa shape index (κ1) is 16.2. The molecule has 3 aromatic rings.